The van der Waals surface area contributed by atoms with Gasteiger partial charge in [0.05, 0.1) is 18.3 Å². The van der Waals surface area contributed by atoms with Gasteiger partial charge in [-0.3, -0.25) is 4.68 Å². The molecule has 1 unspecified atom stereocenters. The zero-order chi connectivity index (χ0) is 13.8. The third kappa shape index (κ3) is 3.28. The van der Waals surface area contributed by atoms with Gasteiger partial charge in [-0.1, -0.05) is 6.07 Å². The number of hydrogen-bond acceptors (Lipinski definition) is 3. The van der Waals surface area contributed by atoms with Crippen molar-refractivity contribution in [2.75, 3.05) is 11.9 Å². The second kappa shape index (κ2) is 5.78. The van der Waals surface area contributed by atoms with Gasteiger partial charge in [-0.15, -0.1) is 0 Å². The van der Waals surface area contributed by atoms with Crippen LogP contribution in [0.5, 0.6) is 5.75 Å². The molecule has 1 aromatic carbocycles. The first-order valence-electron chi connectivity index (χ1n) is 6.59. The van der Waals surface area contributed by atoms with Crippen LogP contribution >= 0.6 is 0 Å². The number of hydrogen-bond donors (Lipinski definition) is 1. The molecule has 19 heavy (non-hydrogen) atoms. The number of benzene rings is 1. The molecule has 0 radical (unpaired) electrons. The summed E-state index contributed by atoms with van der Waals surface area (Å²) in [6.07, 6.45) is 2.05. The second-order valence-corrected chi connectivity index (χ2v) is 4.67. The van der Waals surface area contributed by atoms with E-state index in [4.69, 9.17) is 4.74 Å². The van der Waals surface area contributed by atoms with Crippen molar-refractivity contribution in [3.63, 3.8) is 0 Å². The van der Waals surface area contributed by atoms with Crippen LogP contribution < -0.4 is 10.1 Å². The highest BCUT2D eigenvalue weighted by Crippen LogP contribution is 2.24. The molecule has 0 fully saturated rings. The molecule has 0 spiro atoms. The third-order valence-corrected chi connectivity index (χ3v) is 3.05. The number of ether oxygens (including phenoxy) is 1. The molecule has 1 heterocycles. The topological polar surface area (TPSA) is 39.1 Å². The standard InChI is InChI=1S/C15H21N3O/c1-5-19-14-8-6-7-13(9-14)16-11(2)15-10-18(4)17-12(15)3/h6-11,16H,5H2,1-4H3. The zero-order valence-electron chi connectivity index (χ0n) is 12.0. The first-order valence-corrected chi connectivity index (χ1v) is 6.59. The Balaban J connectivity index is 2.12. The van der Waals surface area contributed by atoms with Gasteiger partial charge in [0.15, 0.2) is 0 Å². The number of aromatic nitrogens is 2. The SMILES string of the molecule is CCOc1cccc(NC(C)c2cn(C)nc2C)c1. The predicted molar refractivity (Wildman–Crippen MR) is 77.6 cm³/mol. The van der Waals surface area contributed by atoms with Gasteiger partial charge < -0.3 is 10.1 Å². The monoisotopic (exact) mass is 259 g/mol. The van der Waals surface area contributed by atoms with Crippen LogP contribution in [0.15, 0.2) is 30.5 Å². The summed E-state index contributed by atoms with van der Waals surface area (Å²) in [6.45, 7) is 6.84. The van der Waals surface area contributed by atoms with Crippen molar-refractivity contribution in [2.24, 2.45) is 7.05 Å². The summed E-state index contributed by atoms with van der Waals surface area (Å²) in [4.78, 5) is 0. The van der Waals surface area contributed by atoms with Crippen molar-refractivity contribution in [3.8, 4) is 5.75 Å². The van der Waals surface area contributed by atoms with Crippen molar-refractivity contribution in [1.29, 1.82) is 0 Å². The van der Waals surface area contributed by atoms with E-state index < -0.39 is 0 Å². The van der Waals surface area contributed by atoms with Crippen LogP contribution in [0, 0.1) is 6.92 Å². The lowest BCUT2D eigenvalue weighted by Crippen LogP contribution is -2.07. The molecule has 102 valence electrons. The molecule has 2 rings (SSSR count). The average molecular weight is 259 g/mol. The van der Waals surface area contributed by atoms with Crippen LogP contribution in [0.3, 0.4) is 0 Å². The van der Waals surface area contributed by atoms with E-state index in [1.54, 1.807) is 0 Å². The largest absolute Gasteiger partial charge is 0.494 e. The fourth-order valence-corrected chi connectivity index (χ4v) is 2.21. The minimum Gasteiger partial charge on any atom is -0.494 e. The number of aryl methyl sites for hydroxylation is 2. The van der Waals surface area contributed by atoms with Gasteiger partial charge >= 0.3 is 0 Å². The Labute approximate surface area is 114 Å². The molecular weight excluding hydrogens is 238 g/mol. The first-order chi connectivity index (χ1) is 9.10. The number of anilines is 1. The van der Waals surface area contributed by atoms with Crippen molar-refractivity contribution in [2.45, 2.75) is 26.8 Å². The predicted octanol–water partition coefficient (Wildman–Crippen LogP) is 3.30. The van der Waals surface area contributed by atoms with Gasteiger partial charge in [-0.25, -0.2) is 0 Å². The molecule has 0 aliphatic carbocycles. The lowest BCUT2D eigenvalue weighted by atomic mass is 10.1. The maximum absolute atomic E-state index is 5.51. The Morgan fingerprint density at radius 1 is 1.42 bits per heavy atom. The van der Waals surface area contributed by atoms with Crippen LogP contribution in [0.4, 0.5) is 5.69 Å². The molecule has 1 aromatic heterocycles. The fraction of sp³-hybridized carbons (Fsp3) is 0.400. The van der Waals surface area contributed by atoms with E-state index >= 15 is 0 Å². The number of rotatable bonds is 5. The van der Waals surface area contributed by atoms with Crippen molar-refractivity contribution in [3.05, 3.63) is 41.7 Å². The Bertz CT molecular complexity index is 548. The molecule has 0 saturated heterocycles. The normalized spacial score (nSPS) is 12.2. The summed E-state index contributed by atoms with van der Waals surface area (Å²) in [5.74, 6) is 0.891. The van der Waals surface area contributed by atoms with Gasteiger partial charge in [-0.2, -0.15) is 5.10 Å². The Morgan fingerprint density at radius 3 is 2.84 bits per heavy atom. The van der Waals surface area contributed by atoms with Gasteiger partial charge in [0.2, 0.25) is 0 Å². The molecule has 4 nitrogen and oxygen atoms in total. The van der Waals surface area contributed by atoms with Crippen molar-refractivity contribution < 1.29 is 4.74 Å². The lowest BCUT2D eigenvalue weighted by Gasteiger charge is -2.15. The van der Waals surface area contributed by atoms with Crippen LogP contribution in [-0.2, 0) is 7.05 Å². The first kappa shape index (κ1) is 13.5. The lowest BCUT2D eigenvalue weighted by molar-refractivity contribution is 0.340. The molecule has 0 saturated carbocycles. The van der Waals surface area contributed by atoms with E-state index in [1.165, 1.54) is 5.56 Å². The molecule has 0 aliphatic heterocycles. The van der Waals surface area contributed by atoms with E-state index in [0.29, 0.717) is 6.61 Å². The smallest absolute Gasteiger partial charge is 0.121 e. The van der Waals surface area contributed by atoms with Gasteiger partial charge in [0.25, 0.3) is 0 Å². The molecule has 4 heteroatoms. The molecule has 0 amide bonds. The highest BCUT2D eigenvalue weighted by atomic mass is 16.5. The summed E-state index contributed by atoms with van der Waals surface area (Å²) in [7, 11) is 1.94. The maximum atomic E-state index is 5.51. The zero-order valence-corrected chi connectivity index (χ0v) is 12.0. The number of nitrogens with zero attached hydrogens (tertiary/aromatic N) is 2. The summed E-state index contributed by atoms with van der Waals surface area (Å²) >= 11 is 0. The molecule has 0 bridgehead atoms. The molecule has 0 aliphatic rings. The maximum Gasteiger partial charge on any atom is 0.121 e. The van der Waals surface area contributed by atoms with Crippen LogP contribution in [0.1, 0.15) is 31.1 Å². The quantitative estimate of drug-likeness (QED) is 0.895. The summed E-state index contributed by atoms with van der Waals surface area (Å²) in [5, 5.41) is 7.85. The Hall–Kier alpha value is -1.97. The van der Waals surface area contributed by atoms with Crippen LogP contribution in [0.25, 0.3) is 0 Å². The summed E-state index contributed by atoms with van der Waals surface area (Å²) in [6, 6.07) is 8.24. The van der Waals surface area contributed by atoms with Gasteiger partial charge in [0, 0.05) is 30.6 Å². The fourth-order valence-electron chi connectivity index (χ4n) is 2.21. The van der Waals surface area contributed by atoms with Gasteiger partial charge in [0.1, 0.15) is 5.75 Å². The van der Waals surface area contributed by atoms with Crippen LogP contribution in [0.2, 0.25) is 0 Å². The Morgan fingerprint density at radius 2 is 2.21 bits per heavy atom. The van der Waals surface area contributed by atoms with Gasteiger partial charge in [-0.05, 0) is 32.9 Å². The third-order valence-electron chi connectivity index (χ3n) is 3.05. The minimum atomic E-state index is 0.213. The van der Waals surface area contributed by atoms with E-state index in [0.717, 1.165) is 17.1 Å². The molecule has 1 atom stereocenters. The summed E-state index contributed by atoms with van der Waals surface area (Å²) < 4.78 is 7.35. The molecule has 2 aromatic rings. The Kier molecular flexibility index (Phi) is 4.10. The summed E-state index contributed by atoms with van der Waals surface area (Å²) in [5.41, 5.74) is 3.33. The average Bonchev–Trinajstić information content (AvgIpc) is 2.69. The molecule has 1 N–H and O–H groups in total. The highest BCUT2D eigenvalue weighted by molar-refractivity contribution is 5.49. The molecular formula is C15H21N3O. The van der Waals surface area contributed by atoms with Crippen LogP contribution in [-0.4, -0.2) is 16.4 Å². The van der Waals surface area contributed by atoms with E-state index in [2.05, 4.69) is 23.5 Å². The number of nitrogens with one attached hydrogen (secondary N) is 1. The van der Waals surface area contributed by atoms with Crippen molar-refractivity contribution >= 4 is 5.69 Å². The van der Waals surface area contributed by atoms with E-state index in [-0.39, 0.29) is 6.04 Å². The second-order valence-electron chi connectivity index (χ2n) is 4.67. The highest BCUT2D eigenvalue weighted by Gasteiger charge is 2.11. The van der Waals surface area contributed by atoms with Crippen molar-refractivity contribution in [1.82, 2.24) is 9.78 Å². The van der Waals surface area contributed by atoms with E-state index in [1.807, 2.05) is 49.8 Å². The van der Waals surface area contributed by atoms with E-state index in [9.17, 15) is 0 Å². The minimum absolute atomic E-state index is 0.213.